The lowest BCUT2D eigenvalue weighted by Crippen LogP contribution is -2.11. The van der Waals surface area contributed by atoms with Crippen LogP contribution in [0.25, 0.3) is 11.3 Å². The van der Waals surface area contributed by atoms with E-state index in [1.807, 2.05) is 18.2 Å². The highest BCUT2D eigenvalue weighted by molar-refractivity contribution is 5.80. The maximum Gasteiger partial charge on any atom is 0.226 e. The molecule has 16 heavy (non-hydrogen) atoms. The summed E-state index contributed by atoms with van der Waals surface area (Å²) >= 11 is 0. The molecule has 0 bridgehead atoms. The van der Waals surface area contributed by atoms with Gasteiger partial charge < -0.3 is 14.8 Å². The van der Waals surface area contributed by atoms with Crippen molar-refractivity contribution in [1.82, 2.24) is 4.98 Å². The van der Waals surface area contributed by atoms with Gasteiger partial charge in [-0.25, -0.2) is 0 Å². The Morgan fingerprint density at radius 3 is 3.00 bits per heavy atom. The molecule has 0 spiro atoms. The van der Waals surface area contributed by atoms with E-state index in [-0.39, 0.29) is 0 Å². The first kappa shape index (κ1) is 9.18. The quantitative estimate of drug-likeness (QED) is 0.714. The number of aliphatic hydroxyl groups is 1. The maximum absolute atomic E-state index is 10.7. The van der Waals surface area contributed by atoms with Crippen LogP contribution in [0.4, 0.5) is 0 Å². The van der Waals surface area contributed by atoms with Crippen LogP contribution < -0.4 is 4.74 Å². The standard InChI is InChI=1S/C12H9NO3/c14-6-7-5-9-11(13-7)8-3-1-2-4-10(8)16-12(9)15/h1-6,12-13,15H. The van der Waals surface area contributed by atoms with E-state index in [2.05, 4.69) is 4.98 Å². The fourth-order valence-corrected chi connectivity index (χ4v) is 1.93. The van der Waals surface area contributed by atoms with Crippen LogP contribution in [-0.4, -0.2) is 16.4 Å². The number of hydrogen-bond donors (Lipinski definition) is 2. The minimum atomic E-state index is -1.02. The van der Waals surface area contributed by atoms with Gasteiger partial charge in [0.1, 0.15) is 5.75 Å². The predicted molar refractivity (Wildman–Crippen MR) is 57.2 cm³/mol. The molecule has 2 heterocycles. The summed E-state index contributed by atoms with van der Waals surface area (Å²) in [6.07, 6.45) is -0.303. The predicted octanol–water partition coefficient (Wildman–Crippen LogP) is 1.88. The number of nitrogens with one attached hydrogen (secondary N) is 1. The van der Waals surface area contributed by atoms with Crippen molar-refractivity contribution in [3.63, 3.8) is 0 Å². The Balaban J connectivity index is 2.26. The smallest absolute Gasteiger partial charge is 0.226 e. The SMILES string of the molecule is O=Cc1cc2c([nH]1)-c1ccccc1OC2O. The highest BCUT2D eigenvalue weighted by atomic mass is 16.6. The first-order valence-corrected chi connectivity index (χ1v) is 4.92. The Kier molecular flexibility index (Phi) is 1.84. The molecule has 3 rings (SSSR count). The number of aldehydes is 1. The zero-order valence-electron chi connectivity index (χ0n) is 8.31. The molecule has 0 saturated carbocycles. The Morgan fingerprint density at radius 1 is 1.38 bits per heavy atom. The number of aromatic amines is 1. The van der Waals surface area contributed by atoms with Gasteiger partial charge in [-0.2, -0.15) is 0 Å². The van der Waals surface area contributed by atoms with Crippen molar-refractivity contribution in [2.24, 2.45) is 0 Å². The molecule has 1 unspecified atom stereocenters. The fraction of sp³-hybridized carbons (Fsp3) is 0.0833. The Morgan fingerprint density at radius 2 is 2.19 bits per heavy atom. The largest absolute Gasteiger partial charge is 0.460 e. The summed E-state index contributed by atoms with van der Waals surface area (Å²) in [5.74, 6) is 0.613. The molecular weight excluding hydrogens is 206 g/mol. The summed E-state index contributed by atoms with van der Waals surface area (Å²) in [5.41, 5.74) is 2.64. The van der Waals surface area contributed by atoms with E-state index in [0.29, 0.717) is 23.3 Å². The number of hydrogen-bond acceptors (Lipinski definition) is 3. The van der Waals surface area contributed by atoms with E-state index >= 15 is 0 Å². The minimum absolute atomic E-state index is 0.435. The molecule has 1 aliphatic rings. The van der Waals surface area contributed by atoms with Gasteiger partial charge >= 0.3 is 0 Å². The van der Waals surface area contributed by atoms with Gasteiger partial charge in [-0.05, 0) is 18.2 Å². The highest BCUT2D eigenvalue weighted by Gasteiger charge is 2.26. The molecule has 80 valence electrons. The normalized spacial score (nSPS) is 17.2. The van der Waals surface area contributed by atoms with Gasteiger partial charge in [0.05, 0.1) is 11.4 Å². The average molecular weight is 215 g/mol. The van der Waals surface area contributed by atoms with Gasteiger partial charge in [0, 0.05) is 11.1 Å². The number of benzene rings is 1. The van der Waals surface area contributed by atoms with Crippen LogP contribution >= 0.6 is 0 Å². The number of ether oxygens (including phenoxy) is 1. The van der Waals surface area contributed by atoms with Gasteiger partial charge in [0.2, 0.25) is 6.29 Å². The number of para-hydroxylation sites is 1. The van der Waals surface area contributed by atoms with Gasteiger partial charge in [-0.1, -0.05) is 12.1 Å². The molecule has 2 aromatic rings. The number of rotatable bonds is 1. The van der Waals surface area contributed by atoms with Crippen molar-refractivity contribution in [2.45, 2.75) is 6.29 Å². The van der Waals surface area contributed by atoms with Crippen LogP contribution in [0.1, 0.15) is 22.3 Å². The van der Waals surface area contributed by atoms with Crippen LogP contribution in [-0.2, 0) is 0 Å². The monoisotopic (exact) mass is 215 g/mol. The first-order valence-electron chi connectivity index (χ1n) is 4.92. The second kappa shape index (κ2) is 3.21. The van der Waals surface area contributed by atoms with Crippen LogP contribution in [0.5, 0.6) is 5.75 Å². The molecule has 1 aromatic carbocycles. The third-order valence-corrected chi connectivity index (χ3v) is 2.66. The topological polar surface area (TPSA) is 62.3 Å². The molecule has 0 radical (unpaired) electrons. The van der Waals surface area contributed by atoms with E-state index in [0.717, 1.165) is 11.3 Å². The lowest BCUT2D eigenvalue weighted by Gasteiger charge is -2.22. The van der Waals surface area contributed by atoms with Gasteiger partial charge in [-0.15, -0.1) is 0 Å². The van der Waals surface area contributed by atoms with Crippen LogP contribution in [0.3, 0.4) is 0 Å². The number of carbonyl (C=O) groups excluding carboxylic acids is 1. The summed E-state index contributed by atoms with van der Waals surface area (Å²) in [4.78, 5) is 13.7. The molecule has 4 nitrogen and oxygen atoms in total. The number of aromatic nitrogens is 1. The summed E-state index contributed by atoms with van der Waals surface area (Å²) in [5, 5.41) is 9.76. The Hall–Kier alpha value is -2.07. The molecule has 0 aliphatic carbocycles. The second-order valence-corrected chi connectivity index (χ2v) is 3.64. The maximum atomic E-state index is 10.7. The molecule has 0 fully saturated rings. The van der Waals surface area contributed by atoms with Gasteiger partial charge in [-0.3, -0.25) is 4.79 Å². The highest BCUT2D eigenvalue weighted by Crippen LogP contribution is 2.40. The van der Waals surface area contributed by atoms with E-state index in [9.17, 15) is 9.90 Å². The second-order valence-electron chi connectivity index (χ2n) is 3.64. The van der Waals surface area contributed by atoms with Crippen molar-refractivity contribution in [2.75, 3.05) is 0 Å². The molecule has 0 saturated heterocycles. The fourth-order valence-electron chi connectivity index (χ4n) is 1.93. The molecule has 4 heteroatoms. The van der Waals surface area contributed by atoms with E-state index in [1.165, 1.54) is 0 Å². The minimum Gasteiger partial charge on any atom is -0.460 e. The molecule has 1 aromatic heterocycles. The zero-order chi connectivity index (χ0) is 11.1. The molecule has 1 aliphatic heterocycles. The average Bonchev–Trinajstić information content (AvgIpc) is 2.74. The van der Waals surface area contributed by atoms with Crippen molar-refractivity contribution in [3.05, 3.63) is 41.6 Å². The van der Waals surface area contributed by atoms with Gasteiger partial charge in [0.15, 0.2) is 6.29 Å². The van der Waals surface area contributed by atoms with E-state index < -0.39 is 6.29 Å². The van der Waals surface area contributed by atoms with Crippen LogP contribution in [0.15, 0.2) is 30.3 Å². The van der Waals surface area contributed by atoms with Crippen molar-refractivity contribution in [1.29, 1.82) is 0 Å². The summed E-state index contributed by atoms with van der Waals surface area (Å²) in [7, 11) is 0. The van der Waals surface area contributed by atoms with Crippen molar-refractivity contribution in [3.8, 4) is 17.0 Å². The van der Waals surface area contributed by atoms with Gasteiger partial charge in [0.25, 0.3) is 0 Å². The summed E-state index contributed by atoms with van der Waals surface area (Å²) in [6.45, 7) is 0. The Labute approximate surface area is 91.5 Å². The zero-order valence-corrected chi connectivity index (χ0v) is 8.31. The number of H-pyrrole nitrogens is 1. The lowest BCUT2D eigenvalue weighted by molar-refractivity contribution is -0.0212. The van der Waals surface area contributed by atoms with Crippen molar-refractivity contribution >= 4 is 6.29 Å². The van der Waals surface area contributed by atoms with Crippen LogP contribution in [0, 0.1) is 0 Å². The lowest BCUT2D eigenvalue weighted by atomic mass is 10.0. The summed E-state index contributed by atoms with van der Waals surface area (Å²) in [6, 6.07) is 8.97. The summed E-state index contributed by atoms with van der Waals surface area (Å²) < 4.78 is 5.34. The first-order chi connectivity index (χ1) is 7.79. The van der Waals surface area contributed by atoms with Crippen molar-refractivity contribution < 1.29 is 14.6 Å². The number of carbonyl (C=O) groups is 1. The molecular formula is C12H9NO3. The molecule has 0 amide bonds. The van der Waals surface area contributed by atoms with Crippen LogP contribution in [0.2, 0.25) is 0 Å². The number of fused-ring (bicyclic) bond motifs is 3. The number of aliphatic hydroxyl groups excluding tert-OH is 1. The molecule has 2 N–H and O–H groups in total. The van der Waals surface area contributed by atoms with E-state index in [1.54, 1.807) is 12.1 Å². The third kappa shape index (κ3) is 1.17. The molecule has 1 atom stereocenters. The third-order valence-electron chi connectivity index (χ3n) is 2.66. The Bertz CT molecular complexity index is 559. The van der Waals surface area contributed by atoms with E-state index in [4.69, 9.17) is 4.74 Å².